The summed E-state index contributed by atoms with van der Waals surface area (Å²) in [6.45, 7) is 6.58. The number of fused-ring (bicyclic) bond motifs is 2. The normalized spacial score (nSPS) is 29.0. The first kappa shape index (κ1) is 12.4. The summed E-state index contributed by atoms with van der Waals surface area (Å²) in [5.41, 5.74) is 0. The SMILES string of the molecule is CC(C)c1nsc(N2CCC3CCC(C2)N3C)n1. The largest absolute Gasteiger partial charge is 0.345 e. The molecule has 18 heavy (non-hydrogen) atoms. The van der Waals surface area contributed by atoms with Gasteiger partial charge in [0.2, 0.25) is 5.13 Å². The number of likely N-dealkylation sites (N-methyl/N-ethyl adjacent to an activating group) is 1. The molecule has 0 aliphatic carbocycles. The Morgan fingerprint density at radius 2 is 2.00 bits per heavy atom. The molecule has 3 rings (SSSR count). The molecule has 5 heteroatoms. The van der Waals surface area contributed by atoms with E-state index in [0.717, 1.165) is 30.1 Å². The first-order valence-corrected chi connectivity index (χ1v) is 7.73. The zero-order valence-corrected chi connectivity index (χ0v) is 12.3. The maximum Gasteiger partial charge on any atom is 0.205 e. The summed E-state index contributed by atoms with van der Waals surface area (Å²) in [5.74, 6) is 1.43. The van der Waals surface area contributed by atoms with Gasteiger partial charge < -0.3 is 4.90 Å². The molecule has 0 radical (unpaired) electrons. The lowest BCUT2D eigenvalue weighted by molar-refractivity contribution is 0.254. The number of nitrogens with zero attached hydrogens (tertiary/aromatic N) is 4. The molecule has 1 aromatic heterocycles. The maximum atomic E-state index is 4.70. The second-order valence-corrected chi connectivity index (χ2v) is 6.61. The highest BCUT2D eigenvalue weighted by Crippen LogP contribution is 2.31. The van der Waals surface area contributed by atoms with Crippen LogP contribution in [0, 0.1) is 0 Å². The summed E-state index contributed by atoms with van der Waals surface area (Å²) in [4.78, 5) is 9.72. The highest BCUT2D eigenvalue weighted by Gasteiger charge is 2.35. The highest BCUT2D eigenvalue weighted by molar-refractivity contribution is 7.09. The Bertz CT molecular complexity index is 417. The number of rotatable bonds is 2. The van der Waals surface area contributed by atoms with Gasteiger partial charge in [-0.1, -0.05) is 13.8 Å². The van der Waals surface area contributed by atoms with Gasteiger partial charge in [-0.2, -0.15) is 4.37 Å². The van der Waals surface area contributed by atoms with Crippen LogP contribution in [0.2, 0.25) is 0 Å². The Hall–Kier alpha value is -0.680. The molecule has 2 aliphatic heterocycles. The van der Waals surface area contributed by atoms with E-state index in [9.17, 15) is 0 Å². The van der Waals surface area contributed by atoms with Crippen molar-refractivity contribution in [1.29, 1.82) is 0 Å². The smallest absolute Gasteiger partial charge is 0.205 e. The van der Waals surface area contributed by atoms with Crippen molar-refractivity contribution in [2.75, 3.05) is 25.0 Å². The van der Waals surface area contributed by atoms with Gasteiger partial charge in [-0.3, -0.25) is 4.90 Å². The van der Waals surface area contributed by atoms with Gasteiger partial charge in [-0.25, -0.2) is 4.98 Å². The van der Waals surface area contributed by atoms with Gasteiger partial charge in [0.1, 0.15) is 5.82 Å². The van der Waals surface area contributed by atoms with Crippen molar-refractivity contribution in [2.24, 2.45) is 0 Å². The molecule has 0 N–H and O–H groups in total. The van der Waals surface area contributed by atoms with Crippen LogP contribution in [0.1, 0.15) is 44.9 Å². The van der Waals surface area contributed by atoms with Gasteiger partial charge in [-0.05, 0) is 26.3 Å². The average molecular weight is 266 g/mol. The fourth-order valence-electron chi connectivity index (χ4n) is 3.07. The quantitative estimate of drug-likeness (QED) is 0.822. The van der Waals surface area contributed by atoms with Crippen molar-refractivity contribution in [3.05, 3.63) is 5.82 Å². The van der Waals surface area contributed by atoms with Crippen LogP contribution in [-0.4, -0.2) is 46.5 Å². The molecule has 2 aliphatic rings. The molecule has 3 heterocycles. The lowest BCUT2D eigenvalue weighted by Crippen LogP contribution is -2.36. The third-order valence-corrected chi connectivity index (χ3v) is 5.16. The standard InChI is InChI=1S/C13H22N4S/c1-9(2)12-14-13(18-15-12)17-7-6-10-4-5-11(8-17)16(10)3/h9-11H,4-8H2,1-3H3. The van der Waals surface area contributed by atoms with E-state index in [0.29, 0.717) is 12.0 Å². The van der Waals surface area contributed by atoms with Gasteiger partial charge in [0.25, 0.3) is 0 Å². The molecule has 4 nitrogen and oxygen atoms in total. The van der Waals surface area contributed by atoms with E-state index in [1.165, 1.54) is 19.3 Å². The van der Waals surface area contributed by atoms with Crippen LogP contribution >= 0.6 is 11.5 Å². The number of aromatic nitrogens is 2. The number of hydrogen-bond acceptors (Lipinski definition) is 5. The van der Waals surface area contributed by atoms with E-state index >= 15 is 0 Å². The van der Waals surface area contributed by atoms with Gasteiger partial charge in [0, 0.05) is 42.6 Å². The molecule has 100 valence electrons. The second-order valence-electron chi connectivity index (χ2n) is 5.88. The minimum atomic E-state index is 0.432. The minimum Gasteiger partial charge on any atom is -0.345 e. The van der Waals surface area contributed by atoms with Crippen LogP contribution in [0.5, 0.6) is 0 Å². The molecule has 0 aromatic carbocycles. The minimum absolute atomic E-state index is 0.432. The lowest BCUT2D eigenvalue weighted by Gasteiger charge is -2.24. The van der Waals surface area contributed by atoms with E-state index in [1.54, 1.807) is 11.5 Å². The van der Waals surface area contributed by atoms with E-state index in [1.807, 2.05) is 0 Å². The summed E-state index contributed by atoms with van der Waals surface area (Å²) in [7, 11) is 2.28. The fraction of sp³-hybridized carbons (Fsp3) is 0.846. The first-order chi connectivity index (χ1) is 8.65. The Labute approximate surface area is 113 Å². The Morgan fingerprint density at radius 1 is 1.22 bits per heavy atom. The average Bonchev–Trinajstić information content (AvgIpc) is 2.86. The van der Waals surface area contributed by atoms with E-state index in [-0.39, 0.29) is 0 Å². The van der Waals surface area contributed by atoms with Crippen LogP contribution in [0.25, 0.3) is 0 Å². The van der Waals surface area contributed by atoms with Crippen molar-refractivity contribution in [2.45, 2.75) is 51.1 Å². The number of hydrogen-bond donors (Lipinski definition) is 0. The van der Waals surface area contributed by atoms with Crippen LogP contribution in [0.15, 0.2) is 0 Å². The topological polar surface area (TPSA) is 32.3 Å². The zero-order valence-electron chi connectivity index (χ0n) is 11.5. The first-order valence-electron chi connectivity index (χ1n) is 6.95. The fourth-order valence-corrected chi connectivity index (χ4v) is 3.91. The molecular weight excluding hydrogens is 244 g/mol. The second kappa shape index (κ2) is 4.78. The third kappa shape index (κ3) is 2.14. The monoisotopic (exact) mass is 266 g/mol. The summed E-state index contributed by atoms with van der Waals surface area (Å²) < 4.78 is 4.48. The van der Waals surface area contributed by atoms with Gasteiger partial charge in [0.15, 0.2) is 0 Å². The predicted octanol–water partition coefficient (Wildman–Crippen LogP) is 2.33. The molecule has 0 amide bonds. The van der Waals surface area contributed by atoms with Crippen molar-refractivity contribution >= 4 is 16.7 Å². The molecule has 2 saturated heterocycles. The summed E-state index contributed by atoms with van der Waals surface area (Å²) in [6.07, 6.45) is 3.99. The van der Waals surface area contributed by atoms with Crippen LogP contribution < -0.4 is 4.90 Å². The van der Waals surface area contributed by atoms with Crippen LogP contribution in [-0.2, 0) is 0 Å². The van der Waals surface area contributed by atoms with Crippen LogP contribution in [0.4, 0.5) is 5.13 Å². The predicted molar refractivity (Wildman–Crippen MR) is 75.4 cm³/mol. The highest BCUT2D eigenvalue weighted by atomic mass is 32.1. The van der Waals surface area contributed by atoms with Crippen molar-refractivity contribution < 1.29 is 0 Å². The van der Waals surface area contributed by atoms with Gasteiger partial charge >= 0.3 is 0 Å². The Morgan fingerprint density at radius 3 is 2.72 bits per heavy atom. The zero-order chi connectivity index (χ0) is 12.7. The number of anilines is 1. The molecular formula is C13H22N4S. The molecule has 1 aromatic rings. The maximum absolute atomic E-state index is 4.70. The van der Waals surface area contributed by atoms with Crippen LogP contribution in [0.3, 0.4) is 0 Å². The van der Waals surface area contributed by atoms with Crippen molar-refractivity contribution in [3.8, 4) is 0 Å². The summed E-state index contributed by atoms with van der Waals surface area (Å²) >= 11 is 1.57. The Balaban J connectivity index is 1.76. The molecule has 2 bridgehead atoms. The van der Waals surface area contributed by atoms with E-state index in [2.05, 4.69) is 35.1 Å². The van der Waals surface area contributed by atoms with Crippen molar-refractivity contribution in [3.63, 3.8) is 0 Å². The molecule has 2 fully saturated rings. The molecule has 2 unspecified atom stereocenters. The van der Waals surface area contributed by atoms with Gasteiger partial charge in [0.05, 0.1) is 0 Å². The molecule has 2 atom stereocenters. The Kier molecular flexibility index (Phi) is 3.28. The molecule has 0 spiro atoms. The third-order valence-electron chi connectivity index (χ3n) is 4.37. The van der Waals surface area contributed by atoms with E-state index < -0.39 is 0 Å². The summed E-state index contributed by atoms with van der Waals surface area (Å²) in [5, 5.41) is 1.12. The summed E-state index contributed by atoms with van der Waals surface area (Å²) in [6, 6.07) is 1.50. The van der Waals surface area contributed by atoms with Gasteiger partial charge in [-0.15, -0.1) is 0 Å². The van der Waals surface area contributed by atoms with E-state index in [4.69, 9.17) is 4.98 Å². The molecule has 0 saturated carbocycles. The lowest BCUT2D eigenvalue weighted by atomic mass is 10.1. The van der Waals surface area contributed by atoms with Crippen molar-refractivity contribution in [1.82, 2.24) is 14.3 Å².